The van der Waals surface area contributed by atoms with Gasteiger partial charge in [-0.05, 0) is 16.8 Å². The molecule has 3 heteroatoms. The number of hydrogen-bond acceptors (Lipinski definition) is 1. The van der Waals surface area contributed by atoms with Gasteiger partial charge in [-0.3, -0.25) is 4.98 Å². The maximum atomic E-state index is 4.69. The Labute approximate surface area is 125 Å². The maximum Gasteiger partial charge on any atom is 0.0796 e. The van der Waals surface area contributed by atoms with Crippen LogP contribution in [-0.4, -0.2) is 21.1 Å². The monoisotopic (exact) mass is 299 g/mol. The molecule has 0 fully saturated rings. The molecule has 0 bridgehead atoms. The van der Waals surface area contributed by atoms with E-state index in [1.807, 2.05) is 0 Å². The fourth-order valence-corrected chi connectivity index (χ4v) is 4.37. The zero-order chi connectivity index (χ0) is 15.0. The lowest BCUT2D eigenvalue weighted by Crippen LogP contribution is -2.38. The van der Waals surface area contributed by atoms with Crippen molar-refractivity contribution < 1.29 is 0 Å². The fraction of sp³-hybridized carbons (Fsp3) is 0.353. The van der Waals surface area contributed by atoms with E-state index < -0.39 is 16.1 Å². The van der Waals surface area contributed by atoms with E-state index in [0.29, 0.717) is 0 Å². The minimum absolute atomic E-state index is 1.09. The van der Waals surface area contributed by atoms with Crippen LogP contribution >= 0.6 is 0 Å². The van der Waals surface area contributed by atoms with Gasteiger partial charge in [-0.2, -0.15) is 0 Å². The van der Waals surface area contributed by atoms with Gasteiger partial charge in [0.25, 0.3) is 0 Å². The zero-order valence-electron chi connectivity index (χ0n) is 13.5. The normalized spacial score (nSPS) is 12.5. The second-order valence-electron chi connectivity index (χ2n) is 7.51. The molecule has 1 heterocycles. The van der Waals surface area contributed by atoms with Crippen LogP contribution in [0.4, 0.5) is 0 Å². The lowest BCUT2D eigenvalue weighted by atomic mass is 10.1. The zero-order valence-corrected chi connectivity index (χ0v) is 15.5. The molecular formula is C17H25NSi2. The van der Waals surface area contributed by atoms with E-state index in [-0.39, 0.29) is 0 Å². The Balaban J connectivity index is 2.38. The molecule has 1 aromatic heterocycles. The first kappa shape index (κ1) is 15.2. The molecule has 0 aliphatic carbocycles. The standard InChI is InChI=1S/C17H25NSi2/c1-19(2,3)15-9-7-8-14(12-15)17-11-10-16(13-18-17)20(4,5)6/h7-13H,1-6H3. The van der Waals surface area contributed by atoms with Crippen molar-refractivity contribution in [3.63, 3.8) is 0 Å². The summed E-state index contributed by atoms with van der Waals surface area (Å²) in [5.41, 5.74) is 2.33. The van der Waals surface area contributed by atoms with Crippen LogP contribution in [0, 0.1) is 0 Å². The van der Waals surface area contributed by atoms with Gasteiger partial charge in [-0.25, -0.2) is 0 Å². The number of aromatic nitrogens is 1. The third-order valence-electron chi connectivity index (χ3n) is 3.65. The van der Waals surface area contributed by atoms with Gasteiger partial charge >= 0.3 is 0 Å². The number of pyridine rings is 1. The Morgan fingerprint density at radius 3 is 1.90 bits per heavy atom. The smallest absolute Gasteiger partial charge is 0.0796 e. The molecule has 0 amide bonds. The molecule has 1 nitrogen and oxygen atoms in total. The molecule has 0 spiro atoms. The van der Waals surface area contributed by atoms with Crippen molar-refractivity contribution in [3.05, 3.63) is 42.6 Å². The summed E-state index contributed by atoms with van der Waals surface area (Å²) >= 11 is 0. The lowest BCUT2D eigenvalue weighted by Gasteiger charge is -2.18. The van der Waals surface area contributed by atoms with Crippen LogP contribution in [0.3, 0.4) is 0 Å². The summed E-state index contributed by atoms with van der Waals surface area (Å²) in [6, 6.07) is 13.3. The number of nitrogens with zero attached hydrogens (tertiary/aromatic N) is 1. The molecule has 20 heavy (non-hydrogen) atoms. The van der Waals surface area contributed by atoms with E-state index >= 15 is 0 Å². The lowest BCUT2D eigenvalue weighted by molar-refractivity contribution is 1.34. The molecule has 0 atom stereocenters. The highest BCUT2D eigenvalue weighted by Gasteiger charge is 2.18. The quantitative estimate of drug-likeness (QED) is 0.785. The summed E-state index contributed by atoms with van der Waals surface area (Å²) in [5.74, 6) is 0. The van der Waals surface area contributed by atoms with Crippen LogP contribution in [0.25, 0.3) is 11.3 Å². The average molecular weight is 300 g/mol. The van der Waals surface area contributed by atoms with Gasteiger partial charge in [0.15, 0.2) is 0 Å². The third kappa shape index (κ3) is 3.46. The summed E-state index contributed by atoms with van der Waals surface area (Å²) in [6.45, 7) is 14.2. The number of benzene rings is 1. The molecular weight excluding hydrogens is 274 g/mol. The van der Waals surface area contributed by atoms with Gasteiger partial charge in [0.2, 0.25) is 0 Å². The minimum atomic E-state index is -1.26. The molecule has 1 aromatic carbocycles. The van der Waals surface area contributed by atoms with Crippen LogP contribution in [0.1, 0.15) is 0 Å². The first-order chi connectivity index (χ1) is 9.18. The van der Waals surface area contributed by atoms with Crippen LogP contribution in [0.2, 0.25) is 39.3 Å². The van der Waals surface area contributed by atoms with Crippen molar-refractivity contribution in [1.29, 1.82) is 0 Å². The van der Waals surface area contributed by atoms with Gasteiger partial charge in [0.1, 0.15) is 0 Å². The van der Waals surface area contributed by atoms with Crippen molar-refractivity contribution in [2.24, 2.45) is 0 Å². The SMILES string of the molecule is C[Si](C)(C)c1ccc(-c2cccc([Si](C)(C)C)c2)nc1. The van der Waals surface area contributed by atoms with Crippen molar-refractivity contribution in [1.82, 2.24) is 4.98 Å². The van der Waals surface area contributed by atoms with Crippen LogP contribution in [-0.2, 0) is 0 Å². The number of rotatable bonds is 3. The topological polar surface area (TPSA) is 12.9 Å². The van der Waals surface area contributed by atoms with Gasteiger partial charge < -0.3 is 0 Å². The number of hydrogen-bond donors (Lipinski definition) is 0. The predicted octanol–water partition coefficient (Wildman–Crippen LogP) is 3.84. The summed E-state index contributed by atoms with van der Waals surface area (Å²) in [4.78, 5) is 4.69. The molecule has 0 N–H and O–H groups in total. The molecule has 0 saturated heterocycles. The second-order valence-corrected chi connectivity index (χ2v) is 17.7. The van der Waals surface area contributed by atoms with Gasteiger partial charge in [-0.1, -0.05) is 74.8 Å². The van der Waals surface area contributed by atoms with Crippen molar-refractivity contribution in [2.45, 2.75) is 39.3 Å². The summed E-state index contributed by atoms with van der Waals surface area (Å²) in [6.07, 6.45) is 2.07. The van der Waals surface area contributed by atoms with Crippen LogP contribution in [0.15, 0.2) is 42.6 Å². The van der Waals surface area contributed by atoms with Gasteiger partial charge in [0, 0.05) is 6.20 Å². The van der Waals surface area contributed by atoms with E-state index in [0.717, 1.165) is 5.69 Å². The molecule has 2 aromatic rings. The highest BCUT2D eigenvalue weighted by Crippen LogP contribution is 2.16. The highest BCUT2D eigenvalue weighted by molar-refractivity contribution is 6.89. The predicted molar refractivity (Wildman–Crippen MR) is 95.6 cm³/mol. The fourth-order valence-electron chi connectivity index (χ4n) is 2.15. The highest BCUT2D eigenvalue weighted by atomic mass is 28.3. The van der Waals surface area contributed by atoms with Crippen molar-refractivity contribution in [3.8, 4) is 11.3 Å². The van der Waals surface area contributed by atoms with Crippen molar-refractivity contribution in [2.75, 3.05) is 0 Å². The Morgan fingerprint density at radius 1 is 0.750 bits per heavy atom. The Morgan fingerprint density at radius 2 is 1.40 bits per heavy atom. The summed E-state index contributed by atoms with van der Waals surface area (Å²) in [7, 11) is -2.51. The molecule has 0 radical (unpaired) electrons. The van der Waals surface area contributed by atoms with Crippen LogP contribution < -0.4 is 10.4 Å². The molecule has 2 rings (SSSR count). The first-order valence-corrected chi connectivity index (χ1v) is 14.3. The largest absolute Gasteiger partial charge is 0.256 e. The van der Waals surface area contributed by atoms with Crippen LogP contribution in [0.5, 0.6) is 0 Å². The molecule has 0 aliphatic rings. The molecule has 0 aliphatic heterocycles. The molecule has 106 valence electrons. The summed E-state index contributed by atoms with van der Waals surface area (Å²) in [5, 5.41) is 2.91. The third-order valence-corrected chi connectivity index (χ3v) is 7.72. The van der Waals surface area contributed by atoms with E-state index in [4.69, 9.17) is 0 Å². The second kappa shape index (κ2) is 5.30. The Bertz CT molecular complexity index is 590. The average Bonchev–Trinajstić information content (AvgIpc) is 2.37. The van der Waals surface area contributed by atoms with E-state index in [2.05, 4.69) is 86.9 Å². The molecule has 0 unspecified atom stereocenters. The minimum Gasteiger partial charge on any atom is -0.256 e. The first-order valence-electron chi connectivity index (χ1n) is 7.25. The Hall–Kier alpha value is -1.20. The van der Waals surface area contributed by atoms with E-state index in [9.17, 15) is 0 Å². The van der Waals surface area contributed by atoms with Crippen molar-refractivity contribution >= 4 is 26.5 Å². The van der Waals surface area contributed by atoms with E-state index in [1.165, 1.54) is 15.9 Å². The van der Waals surface area contributed by atoms with E-state index in [1.54, 1.807) is 0 Å². The maximum absolute atomic E-state index is 4.69. The summed E-state index contributed by atoms with van der Waals surface area (Å²) < 4.78 is 0. The molecule has 0 saturated carbocycles. The van der Waals surface area contributed by atoms with Gasteiger partial charge in [-0.15, -0.1) is 0 Å². The Kier molecular flexibility index (Phi) is 4.03. The van der Waals surface area contributed by atoms with Gasteiger partial charge in [0.05, 0.1) is 21.8 Å².